The number of benzene rings is 3. The van der Waals surface area contributed by atoms with Gasteiger partial charge in [-0.05, 0) is 35.7 Å². The summed E-state index contributed by atoms with van der Waals surface area (Å²) in [6.07, 6.45) is -0.989. The van der Waals surface area contributed by atoms with Crippen LogP contribution in [0.1, 0.15) is 29.7 Å². The quantitative estimate of drug-likeness (QED) is 0.614. The van der Waals surface area contributed by atoms with Crippen LogP contribution in [-0.2, 0) is 20.7 Å². The fourth-order valence-corrected chi connectivity index (χ4v) is 2.97. The first-order valence-electron chi connectivity index (χ1n) is 9.37. The Morgan fingerprint density at radius 2 is 1.38 bits per heavy atom. The third kappa shape index (κ3) is 5.75. The molecule has 1 amide bonds. The standard InChI is InChI=1S/C24H22FNO3/c1-17(29-22(27)16-18-12-14-21(25)15-13-18)24(28)26-23(19-8-4-2-5-9-19)20-10-6-3-7-11-20/h2-15,17,23H,16H2,1H3,(H,26,28)/t17-/m1/s1. The Morgan fingerprint density at radius 1 is 0.862 bits per heavy atom. The van der Waals surface area contributed by atoms with Crippen LogP contribution in [0.25, 0.3) is 0 Å². The Morgan fingerprint density at radius 3 is 1.90 bits per heavy atom. The van der Waals surface area contributed by atoms with E-state index >= 15 is 0 Å². The van der Waals surface area contributed by atoms with Gasteiger partial charge in [-0.15, -0.1) is 0 Å². The Balaban J connectivity index is 1.65. The Hall–Kier alpha value is -3.47. The molecular formula is C24H22FNO3. The zero-order chi connectivity index (χ0) is 20.6. The predicted molar refractivity (Wildman–Crippen MR) is 109 cm³/mol. The summed E-state index contributed by atoms with van der Waals surface area (Å²) in [5.74, 6) is -1.31. The van der Waals surface area contributed by atoms with E-state index in [-0.39, 0.29) is 18.3 Å². The number of ether oxygens (including phenoxy) is 1. The van der Waals surface area contributed by atoms with Gasteiger partial charge >= 0.3 is 5.97 Å². The number of hydrogen-bond acceptors (Lipinski definition) is 3. The highest BCUT2D eigenvalue weighted by molar-refractivity contribution is 5.84. The molecule has 0 aromatic heterocycles. The molecule has 0 aliphatic carbocycles. The fraction of sp³-hybridized carbons (Fsp3) is 0.167. The molecule has 0 spiro atoms. The molecule has 3 aromatic carbocycles. The van der Waals surface area contributed by atoms with Crippen LogP contribution in [0, 0.1) is 5.82 Å². The summed E-state index contributed by atoms with van der Waals surface area (Å²) in [6, 6.07) is 24.4. The molecule has 5 heteroatoms. The van der Waals surface area contributed by atoms with Crippen LogP contribution in [-0.4, -0.2) is 18.0 Å². The maximum absolute atomic E-state index is 13.0. The van der Waals surface area contributed by atoms with E-state index in [1.54, 1.807) is 0 Å². The topological polar surface area (TPSA) is 55.4 Å². The third-order valence-electron chi connectivity index (χ3n) is 4.49. The van der Waals surface area contributed by atoms with Gasteiger partial charge in [0.15, 0.2) is 6.10 Å². The molecule has 0 bridgehead atoms. The molecule has 0 heterocycles. The van der Waals surface area contributed by atoms with Gasteiger partial charge in [0.05, 0.1) is 12.5 Å². The molecule has 0 aliphatic heterocycles. The second-order valence-electron chi connectivity index (χ2n) is 6.70. The van der Waals surface area contributed by atoms with Gasteiger partial charge in [0, 0.05) is 0 Å². The van der Waals surface area contributed by atoms with E-state index in [2.05, 4.69) is 5.32 Å². The number of esters is 1. The molecule has 0 aliphatic rings. The van der Waals surface area contributed by atoms with Crippen molar-refractivity contribution in [3.63, 3.8) is 0 Å². The molecule has 0 fully saturated rings. The normalized spacial score (nSPS) is 11.7. The monoisotopic (exact) mass is 391 g/mol. The van der Waals surface area contributed by atoms with Crippen molar-refractivity contribution in [2.24, 2.45) is 0 Å². The van der Waals surface area contributed by atoms with E-state index in [1.165, 1.54) is 31.2 Å². The highest BCUT2D eigenvalue weighted by atomic mass is 19.1. The molecule has 0 radical (unpaired) electrons. The number of carbonyl (C=O) groups is 2. The van der Waals surface area contributed by atoms with Gasteiger partial charge in [-0.25, -0.2) is 4.39 Å². The summed E-state index contributed by atoms with van der Waals surface area (Å²) in [6.45, 7) is 1.53. The van der Waals surface area contributed by atoms with Crippen LogP contribution < -0.4 is 5.32 Å². The first kappa shape index (κ1) is 20.3. The van der Waals surface area contributed by atoms with Gasteiger partial charge in [0.25, 0.3) is 5.91 Å². The third-order valence-corrected chi connectivity index (χ3v) is 4.49. The summed E-state index contributed by atoms with van der Waals surface area (Å²) in [5, 5.41) is 2.96. The molecule has 3 aromatic rings. The zero-order valence-electron chi connectivity index (χ0n) is 16.0. The Bertz CT molecular complexity index is 903. The lowest BCUT2D eigenvalue weighted by Crippen LogP contribution is -2.38. The van der Waals surface area contributed by atoms with E-state index < -0.39 is 18.0 Å². The number of rotatable bonds is 7. The average Bonchev–Trinajstić information content (AvgIpc) is 2.74. The Labute approximate surface area is 169 Å². The lowest BCUT2D eigenvalue weighted by molar-refractivity contribution is -0.154. The summed E-state index contributed by atoms with van der Waals surface area (Å²) in [5.41, 5.74) is 2.48. The number of hydrogen-bond donors (Lipinski definition) is 1. The molecule has 29 heavy (non-hydrogen) atoms. The maximum atomic E-state index is 13.0. The van der Waals surface area contributed by atoms with Gasteiger partial charge < -0.3 is 10.1 Å². The van der Waals surface area contributed by atoms with Crippen LogP contribution in [0.3, 0.4) is 0 Å². The van der Waals surface area contributed by atoms with Gasteiger partial charge in [-0.2, -0.15) is 0 Å². The molecule has 1 N–H and O–H groups in total. The first-order valence-corrected chi connectivity index (χ1v) is 9.37. The minimum Gasteiger partial charge on any atom is -0.452 e. The van der Waals surface area contributed by atoms with Crippen LogP contribution in [0.5, 0.6) is 0 Å². The number of carbonyl (C=O) groups excluding carboxylic acids is 2. The molecule has 4 nitrogen and oxygen atoms in total. The van der Waals surface area contributed by atoms with Crippen molar-refractivity contribution in [3.05, 3.63) is 107 Å². The van der Waals surface area contributed by atoms with E-state index in [9.17, 15) is 14.0 Å². The van der Waals surface area contributed by atoms with E-state index in [0.717, 1.165) is 11.1 Å². The fourth-order valence-electron chi connectivity index (χ4n) is 2.97. The summed E-state index contributed by atoms with van der Waals surface area (Å²) in [7, 11) is 0. The minimum absolute atomic E-state index is 0.0291. The van der Waals surface area contributed by atoms with Crippen LogP contribution >= 0.6 is 0 Å². The number of amides is 1. The summed E-state index contributed by atoms with van der Waals surface area (Å²) in [4.78, 5) is 24.8. The minimum atomic E-state index is -0.960. The first-order chi connectivity index (χ1) is 14.0. The highest BCUT2D eigenvalue weighted by Crippen LogP contribution is 2.22. The lowest BCUT2D eigenvalue weighted by atomic mass is 9.98. The second-order valence-corrected chi connectivity index (χ2v) is 6.70. The molecule has 3 rings (SSSR count). The van der Waals surface area contributed by atoms with Crippen molar-refractivity contribution < 1.29 is 18.7 Å². The van der Waals surface area contributed by atoms with Crippen molar-refractivity contribution in [1.82, 2.24) is 5.32 Å². The predicted octanol–water partition coefficient (Wildman–Crippen LogP) is 4.21. The van der Waals surface area contributed by atoms with E-state index in [4.69, 9.17) is 4.74 Å². The molecular weight excluding hydrogens is 369 g/mol. The average molecular weight is 391 g/mol. The molecule has 148 valence electrons. The van der Waals surface area contributed by atoms with E-state index in [1.807, 2.05) is 60.7 Å². The lowest BCUT2D eigenvalue weighted by Gasteiger charge is -2.22. The zero-order valence-corrected chi connectivity index (χ0v) is 16.0. The van der Waals surface area contributed by atoms with Crippen LogP contribution in [0.2, 0.25) is 0 Å². The largest absolute Gasteiger partial charge is 0.452 e. The van der Waals surface area contributed by atoms with Crippen molar-refractivity contribution in [2.75, 3.05) is 0 Å². The number of halogens is 1. The van der Waals surface area contributed by atoms with Crippen molar-refractivity contribution >= 4 is 11.9 Å². The summed E-state index contributed by atoms with van der Waals surface area (Å²) < 4.78 is 18.2. The SMILES string of the molecule is C[C@@H](OC(=O)Cc1ccc(F)cc1)C(=O)NC(c1ccccc1)c1ccccc1. The summed E-state index contributed by atoms with van der Waals surface area (Å²) >= 11 is 0. The number of nitrogens with one attached hydrogen (secondary N) is 1. The second kappa shape index (κ2) is 9.64. The van der Waals surface area contributed by atoms with Gasteiger partial charge in [0.2, 0.25) is 0 Å². The van der Waals surface area contributed by atoms with Gasteiger partial charge in [0.1, 0.15) is 5.82 Å². The van der Waals surface area contributed by atoms with E-state index in [0.29, 0.717) is 5.56 Å². The highest BCUT2D eigenvalue weighted by Gasteiger charge is 2.23. The molecule has 1 atom stereocenters. The molecule has 0 unspecified atom stereocenters. The Kier molecular flexibility index (Phi) is 6.74. The van der Waals surface area contributed by atoms with Crippen molar-refractivity contribution in [2.45, 2.75) is 25.5 Å². The molecule has 0 saturated carbocycles. The van der Waals surface area contributed by atoms with Gasteiger partial charge in [-0.3, -0.25) is 9.59 Å². The van der Waals surface area contributed by atoms with Crippen LogP contribution in [0.4, 0.5) is 4.39 Å². The van der Waals surface area contributed by atoms with Gasteiger partial charge in [-0.1, -0.05) is 72.8 Å². The van der Waals surface area contributed by atoms with Crippen LogP contribution in [0.15, 0.2) is 84.9 Å². The van der Waals surface area contributed by atoms with Crippen molar-refractivity contribution in [1.29, 1.82) is 0 Å². The van der Waals surface area contributed by atoms with Crippen molar-refractivity contribution in [3.8, 4) is 0 Å². The molecule has 0 saturated heterocycles. The smallest absolute Gasteiger partial charge is 0.311 e. The maximum Gasteiger partial charge on any atom is 0.311 e.